The topological polar surface area (TPSA) is 72.2 Å². The van der Waals surface area contributed by atoms with Gasteiger partial charge < -0.3 is 19.8 Å². The number of rotatable bonds is 9. The van der Waals surface area contributed by atoms with Crippen molar-refractivity contribution in [3.05, 3.63) is 5.89 Å². The Balaban J connectivity index is 2.17. The molecule has 0 saturated heterocycles. The van der Waals surface area contributed by atoms with Crippen molar-refractivity contribution >= 4 is 6.01 Å². The van der Waals surface area contributed by atoms with Crippen molar-refractivity contribution in [3.63, 3.8) is 0 Å². The van der Waals surface area contributed by atoms with Gasteiger partial charge in [0.15, 0.2) is 0 Å². The molecule has 1 aromatic heterocycles. The summed E-state index contributed by atoms with van der Waals surface area (Å²) >= 11 is 0. The lowest BCUT2D eigenvalue weighted by Crippen LogP contribution is -2.21. The van der Waals surface area contributed by atoms with Crippen LogP contribution in [-0.4, -0.2) is 36.0 Å². The highest BCUT2D eigenvalue weighted by Gasteiger charge is 2.05. The van der Waals surface area contributed by atoms with Gasteiger partial charge in [0.05, 0.1) is 6.54 Å². The van der Waals surface area contributed by atoms with Gasteiger partial charge in [-0.15, -0.1) is 5.10 Å². The Morgan fingerprint density at radius 2 is 2.18 bits per heavy atom. The highest BCUT2D eigenvalue weighted by Crippen LogP contribution is 2.05. The van der Waals surface area contributed by atoms with Crippen molar-refractivity contribution < 1.29 is 9.15 Å². The predicted molar refractivity (Wildman–Crippen MR) is 65.9 cm³/mol. The summed E-state index contributed by atoms with van der Waals surface area (Å²) in [5.41, 5.74) is 0. The van der Waals surface area contributed by atoms with Crippen LogP contribution in [0, 0.1) is 0 Å². The molecular formula is C11H22N4O2. The summed E-state index contributed by atoms with van der Waals surface area (Å²) in [4.78, 5) is 0. The normalized spacial score (nSPS) is 11.1. The summed E-state index contributed by atoms with van der Waals surface area (Å²) in [5.74, 6) is 0.603. The molecule has 0 aliphatic heterocycles. The fraction of sp³-hybridized carbons (Fsp3) is 0.818. The highest BCUT2D eigenvalue weighted by molar-refractivity contribution is 5.16. The number of hydrogen-bond acceptors (Lipinski definition) is 6. The molecule has 0 aromatic carbocycles. The van der Waals surface area contributed by atoms with Crippen molar-refractivity contribution in [3.8, 4) is 0 Å². The molecule has 0 aliphatic rings. The zero-order valence-corrected chi connectivity index (χ0v) is 10.8. The first-order chi connectivity index (χ1) is 8.22. The predicted octanol–water partition coefficient (Wildman–Crippen LogP) is 1.41. The van der Waals surface area contributed by atoms with Crippen molar-refractivity contribution in [1.29, 1.82) is 0 Å². The van der Waals surface area contributed by atoms with Crippen LogP contribution in [0.2, 0.25) is 0 Å². The number of ether oxygens (including phenoxy) is 1. The number of nitrogens with one attached hydrogen (secondary N) is 2. The molecule has 0 bridgehead atoms. The SMILES string of the molecule is CCOCCCNc1nnc(CNC(C)C)o1. The summed E-state index contributed by atoms with van der Waals surface area (Å²) in [6.07, 6.45) is 0.926. The number of aromatic nitrogens is 2. The third-order valence-corrected chi connectivity index (χ3v) is 2.07. The van der Waals surface area contributed by atoms with Gasteiger partial charge in [0, 0.05) is 25.8 Å². The van der Waals surface area contributed by atoms with Crippen LogP contribution in [0.15, 0.2) is 4.42 Å². The Morgan fingerprint density at radius 3 is 2.88 bits per heavy atom. The van der Waals surface area contributed by atoms with E-state index in [4.69, 9.17) is 9.15 Å². The van der Waals surface area contributed by atoms with Crippen LogP contribution in [-0.2, 0) is 11.3 Å². The summed E-state index contributed by atoms with van der Waals surface area (Å²) in [6.45, 7) is 9.02. The molecule has 0 fully saturated rings. The molecule has 17 heavy (non-hydrogen) atoms. The largest absolute Gasteiger partial charge is 0.407 e. The van der Waals surface area contributed by atoms with Crippen molar-refractivity contribution in [2.45, 2.75) is 39.8 Å². The molecule has 0 amide bonds. The van der Waals surface area contributed by atoms with E-state index >= 15 is 0 Å². The third-order valence-electron chi connectivity index (χ3n) is 2.07. The van der Waals surface area contributed by atoms with E-state index in [2.05, 4.69) is 34.7 Å². The molecule has 1 rings (SSSR count). The van der Waals surface area contributed by atoms with Gasteiger partial charge in [-0.25, -0.2) is 0 Å². The first-order valence-corrected chi connectivity index (χ1v) is 6.09. The maximum absolute atomic E-state index is 5.40. The van der Waals surface area contributed by atoms with E-state index in [9.17, 15) is 0 Å². The lowest BCUT2D eigenvalue weighted by molar-refractivity contribution is 0.147. The molecule has 1 heterocycles. The molecule has 6 heteroatoms. The molecule has 0 atom stereocenters. The van der Waals surface area contributed by atoms with Gasteiger partial charge in [-0.2, -0.15) is 0 Å². The lowest BCUT2D eigenvalue weighted by atomic mass is 10.4. The van der Waals surface area contributed by atoms with Crippen LogP contribution in [0.4, 0.5) is 6.01 Å². The van der Waals surface area contributed by atoms with Crippen LogP contribution < -0.4 is 10.6 Å². The Kier molecular flexibility index (Phi) is 6.57. The second-order valence-electron chi connectivity index (χ2n) is 4.01. The van der Waals surface area contributed by atoms with Gasteiger partial charge in [-0.3, -0.25) is 0 Å². The van der Waals surface area contributed by atoms with Crippen LogP contribution >= 0.6 is 0 Å². The first kappa shape index (κ1) is 13.9. The molecule has 0 unspecified atom stereocenters. The van der Waals surface area contributed by atoms with Crippen molar-refractivity contribution in [2.75, 3.05) is 25.1 Å². The summed E-state index contributed by atoms with van der Waals surface area (Å²) < 4.78 is 10.6. The minimum atomic E-state index is 0.407. The van der Waals surface area contributed by atoms with E-state index < -0.39 is 0 Å². The Hall–Kier alpha value is -1.14. The summed E-state index contributed by atoms with van der Waals surface area (Å²) in [5, 5.41) is 14.1. The Bertz CT molecular complexity index is 301. The quantitative estimate of drug-likeness (QED) is 0.638. The average molecular weight is 242 g/mol. The molecule has 6 nitrogen and oxygen atoms in total. The summed E-state index contributed by atoms with van der Waals surface area (Å²) in [7, 11) is 0. The standard InChI is InChI=1S/C11H22N4O2/c1-4-16-7-5-6-12-11-15-14-10(17-11)8-13-9(2)3/h9,13H,4-8H2,1-3H3,(H,12,15). The monoisotopic (exact) mass is 242 g/mol. The molecule has 98 valence electrons. The zero-order valence-electron chi connectivity index (χ0n) is 10.8. The molecule has 0 radical (unpaired) electrons. The first-order valence-electron chi connectivity index (χ1n) is 6.09. The fourth-order valence-electron chi connectivity index (χ4n) is 1.20. The minimum absolute atomic E-state index is 0.407. The van der Waals surface area contributed by atoms with Crippen LogP contribution in [0.5, 0.6) is 0 Å². The van der Waals surface area contributed by atoms with Gasteiger partial charge in [-0.05, 0) is 13.3 Å². The summed E-state index contributed by atoms with van der Waals surface area (Å²) in [6, 6.07) is 0.881. The van der Waals surface area contributed by atoms with E-state index in [0.717, 1.165) is 26.2 Å². The van der Waals surface area contributed by atoms with Gasteiger partial charge in [0.25, 0.3) is 0 Å². The second kappa shape index (κ2) is 8.03. The zero-order chi connectivity index (χ0) is 12.5. The molecule has 0 saturated carbocycles. The second-order valence-corrected chi connectivity index (χ2v) is 4.01. The Labute approximate surface area is 102 Å². The fourth-order valence-corrected chi connectivity index (χ4v) is 1.20. The molecule has 2 N–H and O–H groups in total. The van der Waals surface area contributed by atoms with Gasteiger partial charge in [0.2, 0.25) is 5.89 Å². The molecule has 1 aromatic rings. The molecular weight excluding hydrogens is 220 g/mol. The van der Waals surface area contributed by atoms with E-state index in [1.165, 1.54) is 0 Å². The van der Waals surface area contributed by atoms with Gasteiger partial charge in [-0.1, -0.05) is 18.9 Å². The van der Waals surface area contributed by atoms with Gasteiger partial charge in [0.1, 0.15) is 0 Å². The Morgan fingerprint density at radius 1 is 1.35 bits per heavy atom. The number of anilines is 1. The lowest BCUT2D eigenvalue weighted by Gasteiger charge is -2.03. The molecule has 0 spiro atoms. The van der Waals surface area contributed by atoms with Crippen LogP contribution in [0.3, 0.4) is 0 Å². The molecule has 0 aliphatic carbocycles. The number of nitrogens with zero attached hydrogens (tertiary/aromatic N) is 2. The van der Waals surface area contributed by atoms with E-state index in [-0.39, 0.29) is 0 Å². The average Bonchev–Trinajstić information content (AvgIpc) is 2.74. The van der Waals surface area contributed by atoms with E-state index in [1.54, 1.807) is 0 Å². The van der Waals surface area contributed by atoms with Crippen LogP contribution in [0.1, 0.15) is 33.1 Å². The van der Waals surface area contributed by atoms with Crippen LogP contribution in [0.25, 0.3) is 0 Å². The minimum Gasteiger partial charge on any atom is -0.407 e. The van der Waals surface area contributed by atoms with Gasteiger partial charge >= 0.3 is 6.01 Å². The maximum Gasteiger partial charge on any atom is 0.315 e. The highest BCUT2D eigenvalue weighted by atomic mass is 16.5. The third kappa shape index (κ3) is 6.23. The van der Waals surface area contributed by atoms with Crippen molar-refractivity contribution in [1.82, 2.24) is 15.5 Å². The van der Waals surface area contributed by atoms with Crippen molar-refractivity contribution in [2.24, 2.45) is 0 Å². The van der Waals surface area contributed by atoms with E-state index in [1.807, 2.05) is 6.92 Å². The number of hydrogen-bond donors (Lipinski definition) is 2. The maximum atomic E-state index is 5.40. The smallest absolute Gasteiger partial charge is 0.315 e. The van der Waals surface area contributed by atoms with E-state index in [0.29, 0.717) is 24.5 Å².